The van der Waals surface area contributed by atoms with E-state index in [4.69, 9.17) is 17.3 Å². The SMILES string of the molecule is Nc1ccc(C(=O)Cc2ccc(F)cc2F)c(Cl)c1. The van der Waals surface area contributed by atoms with Crippen molar-refractivity contribution in [3.05, 3.63) is 64.2 Å². The molecule has 0 heterocycles. The van der Waals surface area contributed by atoms with Gasteiger partial charge in [0.1, 0.15) is 11.6 Å². The third-order valence-electron chi connectivity index (χ3n) is 2.66. The number of nitrogen functional groups attached to an aromatic ring is 1. The molecule has 2 N–H and O–H groups in total. The van der Waals surface area contributed by atoms with Crippen LogP contribution in [-0.4, -0.2) is 5.78 Å². The average molecular weight is 282 g/mol. The molecule has 0 saturated heterocycles. The Bertz CT molecular complexity index is 643. The predicted octanol–water partition coefficient (Wildman–Crippen LogP) is 3.63. The Morgan fingerprint density at radius 1 is 1.16 bits per heavy atom. The molecule has 19 heavy (non-hydrogen) atoms. The summed E-state index contributed by atoms with van der Waals surface area (Å²) in [6.45, 7) is 0. The molecule has 0 aliphatic rings. The van der Waals surface area contributed by atoms with Crippen molar-refractivity contribution in [1.29, 1.82) is 0 Å². The minimum Gasteiger partial charge on any atom is -0.399 e. The van der Waals surface area contributed by atoms with Crippen molar-refractivity contribution < 1.29 is 13.6 Å². The molecule has 0 spiro atoms. The van der Waals surface area contributed by atoms with Crippen LogP contribution in [0.1, 0.15) is 15.9 Å². The van der Waals surface area contributed by atoms with Crippen molar-refractivity contribution >= 4 is 23.1 Å². The van der Waals surface area contributed by atoms with E-state index in [-0.39, 0.29) is 28.4 Å². The summed E-state index contributed by atoms with van der Waals surface area (Å²) < 4.78 is 26.2. The molecule has 0 radical (unpaired) electrons. The van der Waals surface area contributed by atoms with E-state index in [0.29, 0.717) is 5.69 Å². The zero-order valence-electron chi connectivity index (χ0n) is 9.79. The van der Waals surface area contributed by atoms with Gasteiger partial charge in [0.05, 0.1) is 5.02 Å². The molecular formula is C14H10ClF2NO. The van der Waals surface area contributed by atoms with Crippen molar-refractivity contribution in [2.75, 3.05) is 5.73 Å². The zero-order chi connectivity index (χ0) is 14.0. The van der Waals surface area contributed by atoms with Gasteiger partial charge in [0, 0.05) is 23.7 Å². The van der Waals surface area contributed by atoms with Crippen LogP contribution in [0, 0.1) is 11.6 Å². The normalized spacial score (nSPS) is 10.5. The molecule has 0 fully saturated rings. The molecule has 5 heteroatoms. The average Bonchev–Trinajstić information content (AvgIpc) is 2.32. The first kappa shape index (κ1) is 13.5. The summed E-state index contributed by atoms with van der Waals surface area (Å²) in [7, 11) is 0. The Labute approximate surface area is 113 Å². The van der Waals surface area contributed by atoms with E-state index in [1.54, 1.807) is 6.07 Å². The Morgan fingerprint density at radius 2 is 1.89 bits per heavy atom. The maximum absolute atomic E-state index is 13.4. The van der Waals surface area contributed by atoms with Crippen molar-refractivity contribution in [3.8, 4) is 0 Å². The summed E-state index contributed by atoms with van der Waals surface area (Å²) >= 11 is 5.90. The molecule has 0 aliphatic heterocycles. The first-order valence-electron chi connectivity index (χ1n) is 5.49. The predicted molar refractivity (Wildman–Crippen MR) is 70.3 cm³/mol. The number of rotatable bonds is 3. The van der Waals surface area contributed by atoms with Crippen LogP contribution in [0.15, 0.2) is 36.4 Å². The summed E-state index contributed by atoms with van der Waals surface area (Å²) in [5.74, 6) is -1.78. The van der Waals surface area contributed by atoms with Gasteiger partial charge in [-0.25, -0.2) is 8.78 Å². The number of ketones is 1. The highest BCUT2D eigenvalue weighted by atomic mass is 35.5. The van der Waals surface area contributed by atoms with E-state index < -0.39 is 11.6 Å². The third-order valence-corrected chi connectivity index (χ3v) is 2.97. The highest BCUT2D eigenvalue weighted by Gasteiger charge is 2.14. The van der Waals surface area contributed by atoms with Gasteiger partial charge in [-0.15, -0.1) is 0 Å². The molecule has 0 aromatic heterocycles. The molecule has 2 aromatic carbocycles. The number of anilines is 1. The molecule has 0 unspecified atom stereocenters. The van der Waals surface area contributed by atoms with Gasteiger partial charge >= 0.3 is 0 Å². The fourth-order valence-corrected chi connectivity index (χ4v) is 1.99. The number of nitrogens with two attached hydrogens (primary N) is 1. The maximum atomic E-state index is 13.4. The van der Waals surface area contributed by atoms with Gasteiger partial charge in [-0.05, 0) is 29.8 Å². The van der Waals surface area contributed by atoms with Gasteiger partial charge in [0.25, 0.3) is 0 Å². The minimum atomic E-state index is -0.750. The van der Waals surface area contributed by atoms with E-state index in [0.717, 1.165) is 12.1 Å². The van der Waals surface area contributed by atoms with Crippen LogP contribution in [0.25, 0.3) is 0 Å². The van der Waals surface area contributed by atoms with Crippen molar-refractivity contribution in [2.24, 2.45) is 0 Å². The number of carbonyl (C=O) groups excluding carboxylic acids is 1. The second-order valence-corrected chi connectivity index (χ2v) is 4.48. The van der Waals surface area contributed by atoms with Gasteiger partial charge < -0.3 is 5.73 Å². The van der Waals surface area contributed by atoms with Crippen molar-refractivity contribution in [3.63, 3.8) is 0 Å². The smallest absolute Gasteiger partial charge is 0.168 e. The van der Waals surface area contributed by atoms with E-state index in [1.807, 2.05) is 0 Å². The second kappa shape index (κ2) is 5.36. The Hall–Kier alpha value is -1.94. The Kier molecular flexibility index (Phi) is 3.81. The first-order valence-corrected chi connectivity index (χ1v) is 5.87. The molecule has 0 atom stereocenters. The van der Waals surface area contributed by atoms with Crippen LogP contribution in [0.5, 0.6) is 0 Å². The molecule has 0 bridgehead atoms. The standard InChI is InChI=1S/C14H10ClF2NO/c15-12-7-10(18)3-4-11(12)14(19)5-8-1-2-9(16)6-13(8)17/h1-4,6-7H,5,18H2. The van der Waals surface area contributed by atoms with Gasteiger partial charge in [0.15, 0.2) is 5.78 Å². The van der Waals surface area contributed by atoms with Crippen LogP contribution < -0.4 is 5.73 Å². The quantitative estimate of drug-likeness (QED) is 0.690. The van der Waals surface area contributed by atoms with Crippen LogP contribution in [-0.2, 0) is 6.42 Å². The molecule has 2 aromatic rings. The molecule has 0 amide bonds. The summed E-state index contributed by atoms with van der Waals surface area (Å²) in [5, 5.41) is 0.215. The topological polar surface area (TPSA) is 43.1 Å². The lowest BCUT2D eigenvalue weighted by Crippen LogP contribution is -2.06. The monoisotopic (exact) mass is 281 g/mol. The van der Waals surface area contributed by atoms with Gasteiger partial charge in [-0.3, -0.25) is 4.79 Å². The van der Waals surface area contributed by atoms with Gasteiger partial charge in [-0.1, -0.05) is 17.7 Å². The molecule has 2 rings (SSSR count). The minimum absolute atomic E-state index is 0.124. The number of hydrogen-bond acceptors (Lipinski definition) is 2. The fraction of sp³-hybridized carbons (Fsp3) is 0.0714. The van der Waals surface area contributed by atoms with E-state index in [9.17, 15) is 13.6 Å². The molecular weight excluding hydrogens is 272 g/mol. The summed E-state index contributed by atoms with van der Waals surface area (Å²) in [5.41, 5.74) is 6.35. The van der Waals surface area contributed by atoms with E-state index in [2.05, 4.69) is 0 Å². The molecule has 2 nitrogen and oxygen atoms in total. The van der Waals surface area contributed by atoms with Gasteiger partial charge in [0.2, 0.25) is 0 Å². The second-order valence-electron chi connectivity index (χ2n) is 4.07. The third kappa shape index (κ3) is 3.09. The Balaban J connectivity index is 2.25. The van der Waals surface area contributed by atoms with E-state index in [1.165, 1.54) is 18.2 Å². The Morgan fingerprint density at radius 3 is 2.53 bits per heavy atom. The number of benzene rings is 2. The van der Waals surface area contributed by atoms with Gasteiger partial charge in [-0.2, -0.15) is 0 Å². The lowest BCUT2D eigenvalue weighted by atomic mass is 10.0. The highest BCUT2D eigenvalue weighted by Crippen LogP contribution is 2.21. The summed E-state index contributed by atoms with van der Waals surface area (Å²) in [6.07, 6.45) is -0.185. The fourth-order valence-electron chi connectivity index (χ4n) is 1.69. The summed E-state index contributed by atoms with van der Waals surface area (Å²) in [4.78, 5) is 12.0. The largest absolute Gasteiger partial charge is 0.399 e. The summed E-state index contributed by atoms with van der Waals surface area (Å²) in [6, 6.07) is 7.58. The van der Waals surface area contributed by atoms with Crippen LogP contribution in [0.4, 0.5) is 14.5 Å². The van der Waals surface area contributed by atoms with Crippen LogP contribution in [0.2, 0.25) is 5.02 Å². The van der Waals surface area contributed by atoms with Crippen LogP contribution in [0.3, 0.4) is 0 Å². The van der Waals surface area contributed by atoms with Crippen LogP contribution >= 0.6 is 11.6 Å². The van der Waals surface area contributed by atoms with Crippen molar-refractivity contribution in [1.82, 2.24) is 0 Å². The molecule has 0 aliphatic carbocycles. The highest BCUT2D eigenvalue weighted by molar-refractivity contribution is 6.34. The molecule has 0 saturated carbocycles. The lowest BCUT2D eigenvalue weighted by molar-refractivity contribution is 0.0992. The first-order chi connectivity index (χ1) is 8.97. The van der Waals surface area contributed by atoms with E-state index >= 15 is 0 Å². The number of hydrogen-bond donors (Lipinski definition) is 1. The number of halogens is 3. The number of Topliss-reactive ketones (excluding diaryl/α,β-unsaturated/α-hetero) is 1. The van der Waals surface area contributed by atoms with Crippen molar-refractivity contribution in [2.45, 2.75) is 6.42 Å². The zero-order valence-corrected chi connectivity index (χ0v) is 10.5. The maximum Gasteiger partial charge on any atom is 0.168 e. The molecule has 98 valence electrons. The number of carbonyl (C=O) groups is 1. The lowest BCUT2D eigenvalue weighted by Gasteiger charge is -2.06.